The molecule has 2 amide bonds. The van der Waals surface area contributed by atoms with E-state index in [0.29, 0.717) is 87.2 Å². The normalized spacial score (nSPS) is 15.9. The number of hydrogen-bond acceptors (Lipinski definition) is 14. The number of halogens is 2. The number of piperidine rings is 2. The molecule has 19 heteroatoms. The summed E-state index contributed by atoms with van der Waals surface area (Å²) in [6, 6.07) is 14.3. The van der Waals surface area contributed by atoms with Crippen LogP contribution in [0, 0.1) is 5.82 Å². The number of rotatable bonds is 18. The number of oxazole rings is 1. The van der Waals surface area contributed by atoms with Gasteiger partial charge in [0, 0.05) is 79.0 Å². The molecule has 0 radical (unpaired) electrons. The van der Waals surface area contributed by atoms with Crippen LogP contribution in [0.4, 0.5) is 33.2 Å². The number of amides is 2. The van der Waals surface area contributed by atoms with Gasteiger partial charge in [-0.25, -0.2) is 19.2 Å². The van der Waals surface area contributed by atoms with Crippen LogP contribution in [-0.2, 0) is 33.4 Å². The number of anilines is 5. The van der Waals surface area contributed by atoms with Gasteiger partial charge in [0.05, 0.1) is 28.0 Å². The topological polar surface area (TPSA) is 198 Å². The first kappa shape index (κ1) is 47.8. The van der Waals surface area contributed by atoms with Gasteiger partial charge in [-0.15, -0.1) is 0 Å². The Morgan fingerprint density at radius 2 is 1.75 bits per heavy atom. The van der Waals surface area contributed by atoms with Crippen LogP contribution in [0.3, 0.4) is 0 Å². The first-order valence-electron chi connectivity index (χ1n) is 23.0. The average Bonchev–Trinajstić information content (AvgIpc) is 3.64. The van der Waals surface area contributed by atoms with E-state index < -0.39 is 30.7 Å². The number of ether oxygens (including phenoxy) is 1. The van der Waals surface area contributed by atoms with Crippen LogP contribution in [0.1, 0.15) is 69.3 Å². The van der Waals surface area contributed by atoms with E-state index >= 15 is 4.39 Å². The van der Waals surface area contributed by atoms with Crippen LogP contribution in [0.5, 0.6) is 5.75 Å². The molecule has 8 rings (SSSR count). The number of aromatic nitrogens is 4. The predicted molar refractivity (Wildman–Crippen MR) is 265 cm³/mol. The van der Waals surface area contributed by atoms with E-state index in [1.54, 1.807) is 31.7 Å². The maximum Gasteiger partial charge on any atom is 0.420 e. The summed E-state index contributed by atoms with van der Waals surface area (Å²) < 4.78 is 43.1. The molecule has 0 bridgehead atoms. The van der Waals surface area contributed by atoms with Crippen LogP contribution in [0.25, 0.3) is 22.0 Å². The molecule has 2 aliphatic heterocycles. The van der Waals surface area contributed by atoms with Gasteiger partial charge in [-0.2, -0.15) is 4.98 Å². The van der Waals surface area contributed by atoms with Gasteiger partial charge in [0.25, 0.3) is 0 Å². The number of fused-ring (bicyclic) bond motifs is 2. The largest absolute Gasteiger partial charge is 0.492 e. The zero-order chi connectivity index (χ0) is 47.4. The number of pyridine rings is 1. The summed E-state index contributed by atoms with van der Waals surface area (Å²) in [6.07, 6.45) is 6.08. The molecule has 5 heterocycles. The van der Waals surface area contributed by atoms with Gasteiger partial charge in [0.2, 0.25) is 17.8 Å². The van der Waals surface area contributed by atoms with Crippen molar-refractivity contribution < 1.29 is 27.7 Å². The highest BCUT2D eigenvalue weighted by Gasteiger charge is 2.32. The van der Waals surface area contributed by atoms with Crippen molar-refractivity contribution in [2.24, 2.45) is 0 Å². The van der Waals surface area contributed by atoms with E-state index in [4.69, 9.17) is 14.1 Å². The highest BCUT2D eigenvalue weighted by molar-refractivity contribution is 9.10. The van der Waals surface area contributed by atoms with Crippen molar-refractivity contribution in [3.05, 3.63) is 92.4 Å². The van der Waals surface area contributed by atoms with Crippen molar-refractivity contribution in [1.29, 1.82) is 0 Å². The number of para-hydroxylation sites is 1. The molecule has 6 aromatic rings. The number of carbonyl (C=O) groups is 2. The minimum Gasteiger partial charge on any atom is -0.492 e. The second kappa shape index (κ2) is 20.7. The molecular formula is C48H57BrFN10O6P. The molecule has 1 unspecified atom stereocenters. The van der Waals surface area contributed by atoms with E-state index in [0.717, 1.165) is 67.9 Å². The van der Waals surface area contributed by atoms with E-state index in [1.807, 2.05) is 32.0 Å². The summed E-state index contributed by atoms with van der Waals surface area (Å²) in [7, 11) is -2.93. The number of imide groups is 1. The number of carbonyl (C=O) groups excluding carboxylic acids is 2. The average molecular weight is 1000 g/mol. The number of hydrogen-bond donors (Lipinski definition) is 5. The minimum atomic E-state index is -2.93. The Kier molecular flexibility index (Phi) is 14.8. The number of nitrogens with zero attached hydrogens (tertiary/aromatic N) is 5. The van der Waals surface area contributed by atoms with Crippen molar-refractivity contribution in [2.45, 2.75) is 77.8 Å². The first-order valence-corrected chi connectivity index (χ1v) is 26.3. The molecular weight excluding hydrogens is 942 g/mol. The van der Waals surface area contributed by atoms with Gasteiger partial charge < -0.3 is 39.9 Å². The third-order valence-corrected chi connectivity index (χ3v) is 14.5. The molecule has 0 spiro atoms. The second-order valence-corrected chi connectivity index (χ2v) is 21.3. The Morgan fingerprint density at radius 1 is 0.940 bits per heavy atom. The van der Waals surface area contributed by atoms with E-state index in [1.165, 1.54) is 10.6 Å². The Morgan fingerprint density at radius 3 is 2.48 bits per heavy atom. The van der Waals surface area contributed by atoms with Gasteiger partial charge in [0.15, 0.2) is 11.4 Å². The molecule has 3 aromatic carbocycles. The molecule has 2 saturated heterocycles. The maximum atomic E-state index is 15.6. The van der Waals surface area contributed by atoms with E-state index in [2.05, 4.69) is 76.4 Å². The Balaban J connectivity index is 0.873. The molecule has 3 aromatic heterocycles. The molecule has 5 N–H and O–H groups in total. The third-order valence-electron chi connectivity index (χ3n) is 12.4. The third kappa shape index (κ3) is 10.6. The quantitative estimate of drug-likeness (QED) is 0.0323. The van der Waals surface area contributed by atoms with E-state index in [9.17, 15) is 18.9 Å². The highest BCUT2D eigenvalue weighted by Crippen LogP contribution is 2.43. The van der Waals surface area contributed by atoms with Crippen molar-refractivity contribution in [1.82, 2.24) is 35.5 Å². The molecule has 2 aliphatic rings. The fraction of sp³-hybridized carbons (Fsp3) is 0.417. The molecule has 1 atom stereocenters. The minimum absolute atomic E-state index is 0.173. The molecule has 2 fully saturated rings. The van der Waals surface area contributed by atoms with Gasteiger partial charge in [-0.05, 0) is 111 Å². The lowest BCUT2D eigenvalue weighted by Gasteiger charge is -2.35. The molecule has 67 heavy (non-hydrogen) atoms. The van der Waals surface area contributed by atoms with Crippen LogP contribution < -0.4 is 47.3 Å². The summed E-state index contributed by atoms with van der Waals surface area (Å²) in [5.74, 6) is -0.607. The lowest BCUT2D eigenvalue weighted by molar-refractivity contribution is -0.135. The van der Waals surface area contributed by atoms with E-state index in [-0.39, 0.29) is 24.3 Å². The molecule has 16 nitrogen and oxygen atoms in total. The molecule has 354 valence electrons. The van der Waals surface area contributed by atoms with Crippen molar-refractivity contribution >= 4 is 91.0 Å². The molecule has 0 aliphatic carbocycles. The van der Waals surface area contributed by atoms with Gasteiger partial charge in [-0.3, -0.25) is 19.5 Å². The van der Waals surface area contributed by atoms with Crippen LogP contribution in [-0.4, -0.2) is 90.0 Å². The maximum absolute atomic E-state index is 15.6. The number of benzene rings is 3. The summed E-state index contributed by atoms with van der Waals surface area (Å²) in [4.78, 5) is 53.3. The van der Waals surface area contributed by atoms with Crippen LogP contribution >= 0.6 is 23.1 Å². The Hall–Kier alpha value is -5.68. The van der Waals surface area contributed by atoms with Gasteiger partial charge in [0.1, 0.15) is 30.3 Å². The zero-order valence-electron chi connectivity index (χ0n) is 38.4. The van der Waals surface area contributed by atoms with Crippen LogP contribution in [0.15, 0.2) is 68.4 Å². The lowest BCUT2D eigenvalue weighted by atomic mass is 10.0. The smallest absolute Gasteiger partial charge is 0.420 e. The number of aryl methyl sites for hydroxylation is 2. The SMILES string of the molecule is CCOc1cc(N2CCC(NCCNCCc3cccc4c3oc(=O)n4C3CCC(=O)NC3=O)CC2)c(CC)cc1Nc1ncc(Br)c(Nc2cc(F)c3nc(CC)ccc3c2P(C)(C)=O)n1. The number of nitrogens with one attached hydrogen (secondary N) is 5. The Labute approximate surface area is 396 Å². The fourth-order valence-corrected chi connectivity index (χ4v) is 10.8. The van der Waals surface area contributed by atoms with Crippen molar-refractivity contribution in [2.75, 3.05) is 68.2 Å². The second-order valence-electron chi connectivity index (χ2n) is 17.2. The zero-order valence-corrected chi connectivity index (χ0v) is 40.9. The standard InChI is InChI=1S/C48H57BrFN10O6P/c1-6-28-24-35(56-47-53-27-33(49)45(58-47)55-36-25-34(50)42-32(44(36)67(4,5)64)13-12-30(7-2)54-42)40(65-8-3)26-39(28)59-22-17-31(18-23-59)52-21-20-51-19-16-29-10-9-11-37-43(29)66-48(63)60(37)38-14-15-41(61)57-46(38)62/h9-13,24-27,31,38,51-52H,6-8,14-23H2,1-5H3,(H,57,61,62)(H2,53,55,56,58). The summed E-state index contributed by atoms with van der Waals surface area (Å²) >= 11 is 3.55. The molecule has 0 saturated carbocycles. The fourth-order valence-electron chi connectivity index (χ4n) is 9.05. The van der Waals surface area contributed by atoms with Crippen LogP contribution in [0.2, 0.25) is 0 Å². The van der Waals surface area contributed by atoms with Gasteiger partial charge >= 0.3 is 5.76 Å². The summed E-state index contributed by atoms with van der Waals surface area (Å²) in [5, 5.41) is 17.2. The summed E-state index contributed by atoms with van der Waals surface area (Å²) in [6.45, 7) is 13.8. The van der Waals surface area contributed by atoms with Crippen molar-refractivity contribution in [3.63, 3.8) is 0 Å². The first-order chi connectivity index (χ1) is 32.3. The lowest BCUT2D eigenvalue weighted by Crippen LogP contribution is -2.44. The van der Waals surface area contributed by atoms with Crippen molar-refractivity contribution in [3.8, 4) is 5.75 Å². The van der Waals surface area contributed by atoms with Gasteiger partial charge in [-0.1, -0.05) is 32.0 Å². The summed E-state index contributed by atoms with van der Waals surface area (Å²) in [5.41, 5.74) is 6.19. The predicted octanol–water partition coefficient (Wildman–Crippen LogP) is 7.46. The highest BCUT2D eigenvalue weighted by atomic mass is 79.9. The Bertz CT molecular complexity index is 2930. The monoisotopic (exact) mass is 998 g/mol.